The van der Waals surface area contributed by atoms with E-state index in [2.05, 4.69) is 25.7 Å². The van der Waals surface area contributed by atoms with E-state index in [0.717, 1.165) is 19.4 Å². The summed E-state index contributed by atoms with van der Waals surface area (Å²) in [4.78, 5) is 20.0. The van der Waals surface area contributed by atoms with Crippen LogP contribution in [-0.2, 0) is 4.79 Å². The fraction of sp³-hybridized carbons (Fsp3) is 0.385. The fourth-order valence-electron chi connectivity index (χ4n) is 2.29. The van der Waals surface area contributed by atoms with Crippen LogP contribution in [0.2, 0.25) is 0 Å². The molecule has 1 unspecified atom stereocenters. The van der Waals surface area contributed by atoms with Crippen LogP contribution < -0.4 is 10.6 Å². The predicted octanol–water partition coefficient (Wildman–Crippen LogP) is 0.743. The summed E-state index contributed by atoms with van der Waals surface area (Å²) in [5, 5.41) is 10.2. The van der Waals surface area contributed by atoms with Crippen molar-refractivity contribution in [3.05, 3.63) is 31.0 Å². The van der Waals surface area contributed by atoms with Crippen LogP contribution in [0.15, 0.2) is 31.0 Å². The minimum absolute atomic E-state index is 0.0136. The van der Waals surface area contributed by atoms with E-state index in [1.54, 1.807) is 23.3 Å². The molecule has 1 aliphatic rings. The quantitative estimate of drug-likeness (QED) is 0.857. The Balaban J connectivity index is 1.59. The topological polar surface area (TPSA) is 84.7 Å². The first kappa shape index (κ1) is 12.7. The average Bonchev–Trinajstić information content (AvgIpc) is 3.12. The van der Waals surface area contributed by atoms with Gasteiger partial charge in [-0.05, 0) is 31.5 Å². The SMILES string of the molecule is O=C(CC1CCCN1)Nc1ccc(-n2cncn2)nc1. The van der Waals surface area contributed by atoms with Gasteiger partial charge in [0.15, 0.2) is 5.82 Å². The Morgan fingerprint density at radius 2 is 2.45 bits per heavy atom. The molecule has 2 aromatic rings. The second-order valence-corrected chi connectivity index (χ2v) is 4.79. The summed E-state index contributed by atoms with van der Waals surface area (Å²) in [7, 11) is 0. The van der Waals surface area contributed by atoms with Crippen molar-refractivity contribution in [3.8, 4) is 5.82 Å². The van der Waals surface area contributed by atoms with Crippen LogP contribution in [0.5, 0.6) is 0 Å². The van der Waals surface area contributed by atoms with E-state index in [9.17, 15) is 4.79 Å². The lowest BCUT2D eigenvalue weighted by Gasteiger charge is -2.10. The van der Waals surface area contributed by atoms with Crippen LogP contribution in [0.1, 0.15) is 19.3 Å². The summed E-state index contributed by atoms with van der Waals surface area (Å²) < 4.78 is 1.56. The normalized spacial score (nSPS) is 18.1. The molecule has 1 aliphatic heterocycles. The second kappa shape index (κ2) is 5.79. The number of hydrogen-bond acceptors (Lipinski definition) is 5. The van der Waals surface area contributed by atoms with Gasteiger partial charge < -0.3 is 10.6 Å². The Bertz CT molecular complexity index is 559. The van der Waals surface area contributed by atoms with Crippen molar-refractivity contribution in [1.29, 1.82) is 0 Å². The molecule has 7 heteroatoms. The van der Waals surface area contributed by atoms with Crippen LogP contribution in [0.25, 0.3) is 5.82 Å². The highest BCUT2D eigenvalue weighted by Gasteiger charge is 2.17. The third kappa shape index (κ3) is 3.00. The first-order valence-electron chi connectivity index (χ1n) is 6.65. The fourth-order valence-corrected chi connectivity index (χ4v) is 2.29. The number of amides is 1. The largest absolute Gasteiger partial charge is 0.325 e. The summed E-state index contributed by atoms with van der Waals surface area (Å²) in [6.07, 6.45) is 7.36. The maximum absolute atomic E-state index is 11.9. The predicted molar refractivity (Wildman–Crippen MR) is 73.4 cm³/mol. The van der Waals surface area contributed by atoms with Crippen LogP contribution >= 0.6 is 0 Å². The van der Waals surface area contributed by atoms with E-state index >= 15 is 0 Å². The third-order valence-corrected chi connectivity index (χ3v) is 3.28. The number of nitrogens with zero attached hydrogens (tertiary/aromatic N) is 4. The Morgan fingerprint density at radius 1 is 1.50 bits per heavy atom. The lowest BCUT2D eigenvalue weighted by Crippen LogP contribution is -2.27. The number of rotatable bonds is 4. The molecule has 1 amide bonds. The van der Waals surface area contributed by atoms with E-state index in [0.29, 0.717) is 24.0 Å². The van der Waals surface area contributed by atoms with Gasteiger partial charge in [-0.2, -0.15) is 5.10 Å². The summed E-state index contributed by atoms with van der Waals surface area (Å²) in [6, 6.07) is 3.90. The molecular weight excluding hydrogens is 256 g/mol. The zero-order valence-corrected chi connectivity index (χ0v) is 11.0. The molecule has 3 heterocycles. The van der Waals surface area contributed by atoms with Gasteiger partial charge in [-0.3, -0.25) is 4.79 Å². The molecule has 0 aliphatic carbocycles. The molecule has 0 radical (unpaired) electrons. The number of carbonyl (C=O) groups excluding carboxylic acids is 1. The highest BCUT2D eigenvalue weighted by molar-refractivity contribution is 5.90. The Hall–Kier alpha value is -2.28. The maximum atomic E-state index is 11.9. The van der Waals surface area contributed by atoms with Crippen molar-refractivity contribution in [2.75, 3.05) is 11.9 Å². The van der Waals surface area contributed by atoms with Gasteiger partial charge in [-0.15, -0.1) is 0 Å². The van der Waals surface area contributed by atoms with Crippen molar-refractivity contribution in [2.24, 2.45) is 0 Å². The standard InChI is InChI=1S/C13H16N6O/c20-13(6-10-2-1-5-15-10)18-11-3-4-12(16-7-11)19-9-14-8-17-19/h3-4,7-10,15H,1-2,5-6H2,(H,18,20). The van der Waals surface area contributed by atoms with Gasteiger partial charge in [0.25, 0.3) is 0 Å². The summed E-state index contributed by atoms with van der Waals surface area (Å²) in [5.41, 5.74) is 0.692. The Morgan fingerprint density at radius 3 is 3.10 bits per heavy atom. The molecule has 1 fully saturated rings. The van der Waals surface area contributed by atoms with Crippen molar-refractivity contribution in [1.82, 2.24) is 25.1 Å². The van der Waals surface area contributed by atoms with E-state index < -0.39 is 0 Å². The number of aromatic nitrogens is 4. The van der Waals surface area contributed by atoms with Crippen LogP contribution in [0.3, 0.4) is 0 Å². The molecule has 0 bridgehead atoms. The first-order valence-corrected chi connectivity index (χ1v) is 6.65. The van der Waals surface area contributed by atoms with Gasteiger partial charge in [-0.1, -0.05) is 0 Å². The molecule has 20 heavy (non-hydrogen) atoms. The van der Waals surface area contributed by atoms with E-state index in [-0.39, 0.29) is 5.91 Å². The van der Waals surface area contributed by atoms with Crippen molar-refractivity contribution in [2.45, 2.75) is 25.3 Å². The van der Waals surface area contributed by atoms with Crippen molar-refractivity contribution < 1.29 is 4.79 Å². The number of pyridine rings is 1. The van der Waals surface area contributed by atoms with Crippen molar-refractivity contribution >= 4 is 11.6 Å². The van der Waals surface area contributed by atoms with Gasteiger partial charge in [-0.25, -0.2) is 14.6 Å². The molecule has 1 atom stereocenters. The molecule has 1 saturated heterocycles. The average molecular weight is 272 g/mol. The smallest absolute Gasteiger partial charge is 0.225 e. The number of carbonyl (C=O) groups is 1. The number of anilines is 1. The molecule has 2 aromatic heterocycles. The van der Waals surface area contributed by atoms with E-state index in [4.69, 9.17) is 0 Å². The van der Waals surface area contributed by atoms with Gasteiger partial charge >= 0.3 is 0 Å². The molecule has 0 spiro atoms. The highest BCUT2D eigenvalue weighted by Crippen LogP contribution is 2.12. The zero-order valence-electron chi connectivity index (χ0n) is 11.0. The molecule has 0 saturated carbocycles. The van der Waals surface area contributed by atoms with Gasteiger partial charge in [0.2, 0.25) is 5.91 Å². The minimum Gasteiger partial charge on any atom is -0.325 e. The molecule has 2 N–H and O–H groups in total. The van der Waals surface area contributed by atoms with Crippen LogP contribution in [0.4, 0.5) is 5.69 Å². The summed E-state index contributed by atoms with van der Waals surface area (Å²) in [5.74, 6) is 0.678. The summed E-state index contributed by atoms with van der Waals surface area (Å²) >= 11 is 0. The monoisotopic (exact) mass is 272 g/mol. The van der Waals surface area contributed by atoms with Gasteiger partial charge in [0, 0.05) is 12.5 Å². The molecule has 7 nitrogen and oxygen atoms in total. The zero-order chi connectivity index (χ0) is 13.8. The first-order chi connectivity index (χ1) is 9.81. The van der Waals surface area contributed by atoms with Gasteiger partial charge in [0.05, 0.1) is 11.9 Å². The number of hydrogen-bond donors (Lipinski definition) is 2. The lowest BCUT2D eigenvalue weighted by atomic mass is 10.1. The van der Waals surface area contributed by atoms with Crippen LogP contribution in [0, 0.1) is 0 Å². The minimum atomic E-state index is 0.0136. The molecular formula is C13H16N6O. The number of nitrogens with one attached hydrogen (secondary N) is 2. The second-order valence-electron chi connectivity index (χ2n) is 4.79. The lowest BCUT2D eigenvalue weighted by molar-refractivity contribution is -0.116. The Kier molecular flexibility index (Phi) is 3.69. The maximum Gasteiger partial charge on any atom is 0.225 e. The highest BCUT2D eigenvalue weighted by atomic mass is 16.1. The molecule has 104 valence electrons. The summed E-state index contributed by atoms with van der Waals surface area (Å²) in [6.45, 7) is 1.01. The van der Waals surface area contributed by atoms with Gasteiger partial charge in [0.1, 0.15) is 12.7 Å². The van der Waals surface area contributed by atoms with E-state index in [1.807, 2.05) is 6.07 Å². The Labute approximate surface area is 116 Å². The third-order valence-electron chi connectivity index (χ3n) is 3.28. The molecule has 0 aromatic carbocycles. The molecule has 3 rings (SSSR count). The van der Waals surface area contributed by atoms with Crippen molar-refractivity contribution in [3.63, 3.8) is 0 Å². The van der Waals surface area contributed by atoms with E-state index in [1.165, 1.54) is 6.33 Å². The van der Waals surface area contributed by atoms with Crippen LogP contribution in [-0.4, -0.2) is 38.2 Å².